The van der Waals surface area contributed by atoms with E-state index < -0.39 is 11.9 Å². The summed E-state index contributed by atoms with van der Waals surface area (Å²) < 4.78 is 17.3. The molecule has 2 N–H and O–H groups in total. The molecule has 0 spiro atoms. The Balaban J connectivity index is 2.04. The van der Waals surface area contributed by atoms with Crippen LogP contribution in [0.1, 0.15) is 17.9 Å². The SMILES string of the molecule is COC(=O)C(=O)N1CCC(c2ccc(F)cc2)C(N)C1. The van der Waals surface area contributed by atoms with Crippen LogP contribution in [0.5, 0.6) is 0 Å². The van der Waals surface area contributed by atoms with E-state index in [1.165, 1.54) is 24.1 Å². The van der Waals surface area contributed by atoms with Crippen LogP contribution in [-0.4, -0.2) is 43.0 Å². The Kier molecular flexibility index (Phi) is 4.34. The normalized spacial score (nSPS) is 22.4. The zero-order valence-electron chi connectivity index (χ0n) is 11.2. The van der Waals surface area contributed by atoms with Gasteiger partial charge in [-0.2, -0.15) is 0 Å². The first kappa shape index (κ1) is 14.5. The van der Waals surface area contributed by atoms with E-state index in [9.17, 15) is 14.0 Å². The number of nitrogens with zero attached hydrogens (tertiary/aromatic N) is 1. The van der Waals surface area contributed by atoms with Crippen molar-refractivity contribution >= 4 is 11.9 Å². The molecule has 6 heteroatoms. The third-order valence-corrected chi connectivity index (χ3v) is 3.60. The minimum atomic E-state index is -0.877. The number of carbonyl (C=O) groups is 2. The van der Waals surface area contributed by atoms with E-state index in [0.717, 1.165) is 5.56 Å². The smallest absolute Gasteiger partial charge is 0.396 e. The molecule has 1 aliphatic heterocycles. The maximum absolute atomic E-state index is 12.9. The molecule has 108 valence electrons. The highest BCUT2D eigenvalue weighted by molar-refractivity contribution is 6.32. The number of nitrogens with two attached hydrogens (primary N) is 1. The summed E-state index contributed by atoms with van der Waals surface area (Å²) in [6.45, 7) is 0.722. The first-order chi connectivity index (χ1) is 9.52. The molecule has 1 aliphatic rings. The van der Waals surface area contributed by atoms with Gasteiger partial charge in [0, 0.05) is 25.0 Å². The van der Waals surface area contributed by atoms with Gasteiger partial charge < -0.3 is 15.4 Å². The summed E-state index contributed by atoms with van der Waals surface area (Å²) in [5.74, 6) is -1.78. The summed E-state index contributed by atoms with van der Waals surface area (Å²) in [6, 6.07) is 5.92. The number of methoxy groups -OCH3 is 1. The van der Waals surface area contributed by atoms with Gasteiger partial charge in [0.1, 0.15) is 5.82 Å². The van der Waals surface area contributed by atoms with Crippen LogP contribution in [0.3, 0.4) is 0 Å². The van der Waals surface area contributed by atoms with Gasteiger partial charge in [-0.25, -0.2) is 9.18 Å². The van der Waals surface area contributed by atoms with E-state index in [2.05, 4.69) is 4.74 Å². The number of ether oxygens (including phenoxy) is 1. The van der Waals surface area contributed by atoms with Gasteiger partial charge in [-0.15, -0.1) is 0 Å². The van der Waals surface area contributed by atoms with Crippen LogP contribution in [-0.2, 0) is 14.3 Å². The zero-order valence-corrected chi connectivity index (χ0v) is 11.2. The molecular formula is C14H17FN2O3. The summed E-state index contributed by atoms with van der Waals surface area (Å²) >= 11 is 0. The first-order valence-corrected chi connectivity index (χ1v) is 6.41. The minimum absolute atomic E-state index is 0.0531. The second kappa shape index (κ2) is 6.00. The molecule has 0 aliphatic carbocycles. The van der Waals surface area contributed by atoms with Crippen molar-refractivity contribution in [2.24, 2.45) is 5.73 Å². The number of carbonyl (C=O) groups excluding carboxylic acids is 2. The van der Waals surface area contributed by atoms with Crippen molar-refractivity contribution in [1.29, 1.82) is 0 Å². The van der Waals surface area contributed by atoms with Crippen molar-refractivity contribution in [3.05, 3.63) is 35.6 Å². The van der Waals surface area contributed by atoms with Crippen molar-refractivity contribution in [1.82, 2.24) is 4.90 Å². The predicted molar refractivity (Wildman–Crippen MR) is 70.3 cm³/mol. The van der Waals surface area contributed by atoms with Crippen LogP contribution in [0, 0.1) is 5.82 Å². The number of hydrogen-bond acceptors (Lipinski definition) is 4. The number of likely N-dealkylation sites (tertiary alicyclic amines) is 1. The van der Waals surface area contributed by atoms with Crippen molar-refractivity contribution in [2.45, 2.75) is 18.4 Å². The first-order valence-electron chi connectivity index (χ1n) is 6.41. The molecule has 1 saturated heterocycles. The Morgan fingerprint density at radius 3 is 2.55 bits per heavy atom. The number of esters is 1. The van der Waals surface area contributed by atoms with Crippen LogP contribution >= 0.6 is 0 Å². The fourth-order valence-corrected chi connectivity index (χ4v) is 2.51. The van der Waals surface area contributed by atoms with Crippen molar-refractivity contribution in [3.8, 4) is 0 Å². The predicted octanol–water partition coefficient (Wildman–Crippen LogP) is 0.642. The number of piperidine rings is 1. The van der Waals surface area contributed by atoms with Gasteiger partial charge >= 0.3 is 11.9 Å². The fourth-order valence-electron chi connectivity index (χ4n) is 2.51. The van der Waals surface area contributed by atoms with Gasteiger partial charge in [-0.05, 0) is 24.1 Å². The Morgan fingerprint density at radius 2 is 2.00 bits per heavy atom. The van der Waals surface area contributed by atoms with Crippen LogP contribution in [0.4, 0.5) is 4.39 Å². The molecule has 1 fully saturated rings. The van der Waals surface area contributed by atoms with Gasteiger partial charge in [0.25, 0.3) is 0 Å². The lowest BCUT2D eigenvalue weighted by Gasteiger charge is -2.36. The van der Waals surface area contributed by atoms with Crippen LogP contribution in [0.25, 0.3) is 0 Å². The molecule has 1 aromatic carbocycles. The average molecular weight is 280 g/mol. The van der Waals surface area contributed by atoms with E-state index >= 15 is 0 Å². The number of benzene rings is 1. The molecule has 2 rings (SSSR count). The van der Waals surface area contributed by atoms with E-state index in [-0.39, 0.29) is 24.3 Å². The summed E-state index contributed by atoms with van der Waals surface area (Å²) in [6.07, 6.45) is 0.634. The molecule has 1 aromatic rings. The Labute approximate surface area is 116 Å². The van der Waals surface area contributed by atoms with Gasteiger partial charge in [0.2, 0.25) is 0 Å². The lowest BCUT2D eigenvalue weighted by molar-refractivity contribution is -0.158. The summed E-state index contributed by atoms with van der Waals surface area (Å²) in [5.41, 5.74) is 7.03. The molecule has 1 amide bonds. The van der Waals surface area contributed by atoms with Crippen LogP contribution in [0.2, 0.25) is 0 Å². The number of amides is 1. The van der Waals surface area contributed by atoms with Crippen LogP contribution < -0.4 is 5.73 Å². The van der Waals surface area contributed by atoms with E-state index in [0.29, 0.717) is 13.0 Å². The monoisotopic (exact) mass is 280 g/mol. The maximum Gasteiger partial charge on any atom is 0.396 e. The topological polar surface area (TPSA) is 72.6 Å². The van der Waals surface area contributed by atoms with Gasteiger partial charge in [-0.1, -0.05) is 12.1 Å². The quantitative estimate of drug-likeness (QED) is 0.605. The Bertz CT molecular complexity index is 504. The average Bonchev–Trinajstić information content (AvgIpc) is 2.46. The second-order valence-electron chi connectivity index (χ2n) is 4.85. The lowest BCUT2D eigenvalue weighted by atomic mass is 9.86. The van der Waals surface area contributed by atoms with Gasteiger partial charge in [0.05, 0.1) is 7.11 Å². The van der Waals surface area contributed by atoms with Crippen LogP contribution in [0.15, 0.2) is 24.3 Å². The largest absolute Gasteiger partial charge is 0.462 e. The van der Waals surface area contributed by atoms with Gasteiger partial charge in [-0.3, -0.25) is 4.79 Å². The maximum atomic E-state index is 12.9. The zero-order chi connectivity index (χ0) is 14.7. The Hall–Kier alpha value is -1.95. The fraction of sp³-hybridized carbons (Fsp3) is 0.429. The van der Waals surface area contributed by atoms with E-state index in [1.807, 2.05) is 0 Å². The third-order valence-electron chi connectivity index (χ3n) is 3.60. The standard InChI is InChI=1S/C14H17FN2O3/c1-20-14(19)13(18)17-7-6-11(12(16)8-17)9-2-4-10(15)5-3-9/h2-5,11-12H,6-8,16H2,1H3. The second-order valence-corrected chi connectivity index (χ2v) is 4.85. The number of rotatable bonds is 1. The molecule has 0 aromatic heterocycles. The molecule has 0 radical (unpaired) electrons. The Morgan fingerprint density at radius 1 is 1.35 bits per heavy atom. The van der Waals surface area contributed by atoms with Crippen molar-refractivity contribution in [3.63, 3.8) is 0 Å². The summed E-state index contributed by atoms with van der Waals surface area (Å²) in [7, 11) is 1.17. The summed E-state index contributed by atoms with van der Waals surface area (Å²) in [4.78, 5) is 24.3. The number of halogens is 1. The molecule has 5 nitrogen and oxygen atoms in total. The molecule has 2 unspecified atom stereocenters. The van der Waals surface area contributed by atoms with Gasteiger partial charge in [0.15, 0.2) is 0 Å². The number of hydrogen-bond donors (Lipinski definition) is 1. The van der Waals surface area contributed by atoms with Crippen molar-refractivity contribution in [2.75, 3.05) is 20.2 Å². The molecule has 0 bridgehead atoms. The van der Waals surface area contributed by atoms with Crippen molar-refractivity contribution < 1.29 is 18.7 Å². The lowest BCUT2D eigenvalue weighted by Crippen LogP contribution is -2.51. The third kappa shape index (κ3) is 2.96. The van der Waals surface area contributed by atoms with E-state index in [4.69, 9.17) is 5.73 Å². The molecule has 20 heavy (non-hydrogen) atoms. The summed E-state index contributed by atoms with van der Waals surface area (Å²) in [5, 5.41) is 0. The van der Waals surface area contributed by atoms with E-state index in [1.54, 1.807) is 12.1 Å². The molecule has 2 atom stereocenters. The highest BCUT2D eigenvalue weighted by atomic mass is 19.1. The molecular weight excluding hydrogens is 263 g/mol. The molecule has 1 heterocycles. The minimum Gasteiger partial charge on any atom is -0.462 e. The highest BCUT2D eigenvalue weighted by Crippen LogP contribution is 2.27. The molecule has 0 saturated carbocycles. The highest BCUT2D eigenvalue weighted by Gasteiger charge is 2.32.